The Morgan fingerprint density at radius 1 is 1.02 bits per heavy atom. The predicted molar refractivity (Wildman–Crippen MR) is 161 cm³/mol. The third kappa shape index (κ3) is 5.53. The van der Waals surface area contributed by atoms with Crippen LogP contribution in [0.5, 0.6) is 11.5 Å². The highest BCUT2D eigenvalue weighted by Gasteiger charge is 2.43. The highest BCUT2D eigenvalue weighted by atomic mass is 19.4. The molecule has 0 saturated carbocycles. The van der Waals surface area contributed by atoms with Crippen molar-refractivity contribution in [2.45, 2.75) is 63.3 Å². The maximum Gasteiger partial charge on any atom is 0.451 e. The number of fused-ring (bicyclic) bond motifs is 2. The van der Waals surface area contributed by atoms with Gasteiger partial charge < -0.3 is 18.8 Å². The van der Waals surface area contributed by atoms with E-state index in [1.54, 1.807) is 25.3 Å². The second kappa shape index (κ2) is 11.5. The molecule has 3 aliphatic rings. The summed E-state index contributed by atoms with van der Waals surface area (Å²) < 4.78 is 87.7. The fourth-order valence-corrected chi connectivity index (χ4v) is 6.69. The molecule has 2 atom stereocenters. The van der Waals surface area contributed by atoms with E-state index in [2.05, 4.69) is 24.5 Å². The van der Waals surface area contributed by atoms with Crippen molar-refractivity contribution in [3.8, 4) is 23.0 Å². The van der Waals surface area contributed by atoms with E-state index in [-0.39, 0.29) is 29.1 Å². The Morgan fingerprint density at radius 3 is 2.54 bits per heavy atom. The van der Waals surface area contributed by atoms with E-state index in [0.717, 1.165) is 55.3 Å². The van der Waals surface area contributed by atoms with Crippen LogP contribution in [0.2, 0.25) is 0 Å². The van der Waals surface area contributed by atoms with Crippen molar-refractivity contribution in [2.24, 2.45) is 0 Å². The molecule has 1 unspecified atom stereocenters. The number of rotatable bonds is 7. The molecule has 1 N–H and O–H groups in total. The smallest absolute Gasteiger partial charge is 0.444 e. The summed E-state index contributed by atoms with van der Waals surface area (Å²) in [4.78, 5) is 15.1. The minimum absolute atomic E-state index is 0.0466. The first-order chi connectivity index (χ1) is 23.0. The van der Waals surface area contributed by atoms with Crippen LogP contribution in [-0.2, 0) is 29.8 Å². The number of benzene rings is 2. The number of nitrogens with one attached hydrogen (secondary N) is 1. The number of hydrogen-bond acceptors (Lipinski definition) is 8. The number of ether oxygens (including phenoxy) is 3. The normalized spacial score (nSPS) is 21.6. The van der Waals surface area contributed by atoms with Gasteiger partial charge in [-0.05, 0) is 62.5 Å². The van der Waals surface area contributed by atoms with Gasteiger partial charge in [0.25, 0.3) is 5.79 Å². The minimum Gasteiger partial charge on any atom is -0.444 e. The second-order valence-electron chi connectivity index (χ2n) is 12.5. The van der Waals surface area contributed by atoms with Crippen molar-refractivity contribution < 1.29 is 36.2 Å². The van der Waals surface area contributed by atoms with E-state index < -0.39 is 29.4 Å². The van der Waals surface area contributed by atoms with Crippen LogP contribution >= 0.6 is 0 Å². The molecule has 250 valence electrons. The number of piperidine rings is 1. The lowest BCUT2D eigenvalue weighted by Crippen LogP contribution is -2.35. The summed E-state index contributed by atoms with van der Waals surface area (Å²) in [6, 6.07) is 10.6. The van der Waals surface area contributed by atoms with Gasteiger partial charge in [0.2, 0.25) is 5.82 Å². The summed E-state index contributed by atoms with van der Waals surface area (Å²) in [7, 11) is 0. The number of imidazole rings is 1. The summed E-state index contributed by atoms with van der Waals surface area (Å²) in [5.41, 5.74) is 2.62. The zero-order valence-electron chi connectivity index (χ0n) is 25.7. The van der Waals surface area contributed by atoms with E-state index in [0.29, 0.717) is 36.7 Å². The number of aromatic amines is 1. The van der Waals surface area contributed by atoms with Gasteiger partial charge in [0.1, 0.15) is 23.2 Å². The molecule has 48 heavy (non-hydrogen) atoms. The van der Waals surface area contributed by atoms with Crippen LogP contribution in [0.4, 0.5) is 22.0 Å². The highest BCUT2D eigenvalue weighted by Crippen LogP contribution is 2.49. The van der Waals surface area contributed by atoms with Crippen LogP contribution in [0.3, 0.4) is 0 Å². The SMILES string of the molecule is CC1(c2ccc(F)cc2F)Oc2cccc(C3CCN(Cc4nc5cc(-c6n[nH]c(C(F)(F)F)n6)ncc5n4C[C@@H]4CCO4)CC3)c2O1. The lowest BCUT2D eigenvalue weighted by molar-refractivity contribution is -0.144. The molecule has 3 aliphatic heterocycles. The number of halogens is 5. The average molecular weight is 668 g/mol. The van der Waals surface area contributed by atoms with Crippen molar-refractivity contribution in [3.05, 3.63) is 83.1 Å². The van der Waals surface area contributed by atoms with Crippen molar-refractivity contribution in [3.63, 3.8) is 0 Å². The van der Waals surface area contributed by atoms with E-state index in [1.165, 1.54) is 12.1 Å². The Morgan fingerprint density at radius 2 is 1.83 bits per heavy atom. The second-order valence-corrected chi connectivity index (χ2v) is 12.5. The molecule has 0 bridgehead atoms. The van der Waals surface area contributed by atoms with Gasteiger partial charge in [-0.25, -0.2) is 18.7 Å². The van der Waals surface area contributed by atoms with Crippen LogP contribution in [0.25, 0.3) is 22.6 Å². The summed E-state index contributed by atoms with van der Waals surface area (Å²) >= 11 is 0. The predicted octanol–water partition coefficient (Wildman–Crippen LogP) is 6.33. The molecule has 15 heteroatoms. The van der Waals surface area contributed by atoms with Crippen LogP contribution < -0.4 is 9.47 Å². The number of para-hydroxylation sites is 1. The third-order valence-electron chi connectivity index (χ3n) is 9.30. The maximum atomic E-state index is 14.7. The Hall–Kier alpha value is -4.63. The van der Waals surface area contributed by atoms with Crippen molar-refractivity contribution in [1.82, 2.24) is 34.6 Å². The molecule has 3 aromatic heterocycles. The monoisotopic (exact) mass is 667 g/mol. The molecule has 0 amide bonds. The van der Waals surface area contributed by atoms with Crippen molar-refractivity contribution >= 4 is 11.0 Å². The van der Waals surface area contributed by atoms with Gasteiger partial charge in [0.05, 0.1) is 42.0 Å². The molecular formula is C33H30F5N7O3. The lowest BCUT2D eigenvalue weighted by atomic mass is 9.88. The quantitative estimate of drug-likeness (QED) is 0.201. The first kappa shape index (κ1) is 30.7. The highest BCUT2D eigenvalue weighted by molar-refractivity contribution is 5.79. The molecule has 0 spiro atoms. The third-order valence-corrected chi connectivity index (χ3v) is 9.30. The number of aromatic nitrogens is 6. The number of pyridine rings is 1. The Bertz CT molecular complexity index is 2000. The number of likely N-dealkylation sites (tertiary alicyclic amines) is 1. The molecule has 0 aliphatic carbocycles. The first-order valence-electron chi connectivity index (χ1n) is 15.7. The molecule has 2 fully saturated rings. The lowest BCUT2D eigenvalue weighted by Gasteiger charge is -2.33. The summed E-state index contributed by atoms with van der Waals surface area (Å²) in [6.45, 7) is 5.00. The van der Waals surface area contributed by atoms with Gasteiger partial charge in [-0.2, -0.15) is 18.3 Å². The molecule has 0 radical (unpaired) electrons. The van der Waals surface area contributed by atoms with Gasteiger partial charge in [-0.3, -0.25) is 15.0 Å². The van der Waals surface area contributed by atoms with Gasteiger partial charge in [0.15, 0.2) is 17.3 Å². The molecule has 6 heterocycles. The van der Waals surface area contributed by atoms with Crippen molar-refractivity contribution in [1.29, 1.82) is 0 Å². The average Bonchev–Trinajstić information content (AvgIpc) is 3.74. The number of alkyl halides is 3. The number of H-pyrrole nitrogens is 1. The Labute approximate surface area is 270 Å². The van der Waals surface area contributed by atoms with Crippen LogP contribution in [-0.4, -0.2) is 60.4 Å². The van der Waals surface area contributed by atoms with E-state index >= 15 is 0 Å². The van der Waals surface area contributed by atoms with Gasteiger partial charge >= 0.3 is 6.18 Å². The van der Waals surface area contributed by atoms with Gasteiger partial charge in [0, 0.05) is 25.2 Å². The largest absolute Gasteiger partial charge is 0.451 e. The van der Waals surface area contributed by atoms with Crippen molar-refractivity contribution in [2.75, 3.05) is 19.7 Å². The van der Waals surface area contributed by atoms with Gasteiger partial charge in [-0.15, -0.1) is 0 Å². The zero-order chi connectivity index (χ0) is 33.2. The molecular weight excluding hydrogens is 637 g/mol. The minimum atomic E-state index is -4.65. The molecule has 10 nitrogen and oxygen atoms in total. The number of nitrogens with zero attached hydrogens (tertiary/aromatic N) is 6. The van der Waals surface area contributed by atoms with Crippen LogP contribution in [0.1, 0.15) is 54.9 Å². The van der Waals surface area contributed by atoms with Crippen LogP contribution in [0, 0.1) is 11.6 Å². The summed E-state index contributed by atoms with van der Waals surface area (Å²) in [6.07, 6.45) is -0.430. The summed E-state index contributed by atoms with van der Waals surface area (Å²) in [5, 5.41) is 5.64. The molecule has 2 saturated heterocycles. The zero-order valence-corrected chi connectivity index (χ0v) is 25.7. The Balaban J connectivity index is 0.998. The topological polar surface area (TPSA) is 103 Å². The van der Waals surface area contributed by atoms with E-state index in [1.807, 2.05) is 17.2 Å². The van der Waals surface area contributed by atoms with Gasteiger partial charge in [-0.1, -0.05) is 12.1 Å². The maximum absolute atomic E-state index is 14.7. The fraction of sp³-hybridized carbons (Fsp3) is 0.394. The van der Waals surface area contributed by atoms with E-state index in [9.17, 15) is 22.0 Å². The molecule has 5 aromatic rings. The first-order valence-corrected chi connectivity index (χ1v) is 15.7. The van der Waals surface area contributed by atoms with E-state index in [4.69, 9.17) is 19.2 Å². The van der Waals surface area contributed by atoms with Crippen LogP contribution in [0.15, 0.2) is 48.7 Å². The Kier molecular flexibility index (Phi) is 7.36. The fourth-order valence-electron chi connectivity index (χ4n) is 6.69. The number of hydrogen-bond donors (Lipinski definition) is 1. The molecule has 8 rings (SSSR count). The molecule has 2 aromatic carbocycles. The summed E-state index contributed by atoms with van der Waals surface area (Å²) in [5.74, 6) is -2.14. The standard InChI is InChI=1S/C33H30F5N7O3/c1-32(22-6-5-19(34)13-23(22)35)47-27-4-2-3-21(29(27)48-32)18-7-10-44(11-8-18)17-28-40-24-14-25(30-41-31(43-42-30)33(36,37)38)39-15-26(24)45(28)16-20-9-12-46-20/h2-6,13-15,18,20H,7-12,16-17H2,1H3,(H,41,42,43)/t20-,32?/m0/s1.